The standard InChI is InChI=1S/C11H26N2O2S/c1-6-8-13(7-2)16(14,15)9-10(12)11(3,4)5/h10H,6-9,12H2,1-5H3. The van der Waals surface area contributed by atoms with Crippen LogP contribution in [0.3, 0.4) is 0 Å². The first kappa shape index (κ1) is 15.9. The molecule has 16 heavy (non-hydrogen) atoms. The van der Waals surface area contributed by atoms with Crippen LogP contribution in [0.15, 0.2) is 0 Å². The van der Waals surface area contributed by atoms with E-state index >= 15 is 0 Å². The molecule has 0 aliphatic carbocycles. The lowest BCUT2D eigenvalue weighted by Gasteiger charge is -2.29. The quantitative estimate of drug-likeness (QED) is 0.775. The number of rotatable bonds is 6. The summed E-state index contributed by atoms with van der Waals surface area (Å²) >= 11 is 0. The predicted molar refractivity (Wildman–Crippen MR) is 68.8 cm³/mol. The van der Waals surface area contributed by atoms with Gasteiger partial charge in [-0.2, -0.15) is 0 Å². The van der Waals surface area contributed by atoms with Gasteiger partial charge < -0.3 is 5.73 Å². The largest absolute Gasteiger partial charge is 0.326 e. The summed E-state index contributed by atoms with van der Waals surface area (Å²) in [6.45, 7) is 10.8. The van der Waals surface area contributed by atoms with E-state index in [-0.39, 0.29) is 17.2 Å². The summed E-state index contributed by atoms with van der Waals surface area (Å²) in [5, 5.41) is 0. The maximum Gasteiger partial charge on any atom is 0.215 e. The van der Waals surface area contributed by atoms with Gasteiger partial charge in [0.05, 0.1) is 5.75 Å². The third kappa shape index (κ3) is 4.80. The topological polar surface area (TPSA) is 63.4 Å². The molecular weight excluding hydrogens is 224 g/mol. The van der Waals surface area contributed by atoms with Crippen molar-refractivity contribution < 1.29 is 8.42 Å². The normalized spacial score (nSPS) is 15.4. The third-order valence-corrected chi connectivity index (χ3v) is 4.73. The Morgan fingerprint density at radius 1 is 1.25 bits per heavy atom. The van der Waals surface area contributed by atoms with Gasteiger partial charge in [0.2, 0.25) is 10.0 Å². The molecule has 0 aromatic rings. The second-order valence-corrected chi connectivity index (χ2v) is 7.26. The maximum atomic E-state index is 12.1. The van der Waals surface area contributed by atoms with Crippen LogP contribution in [0.4, 0.5) is 0 Å². The second-order valence-electron chi connectivity index (χ2n) is 5.24. The molecule has 0 amide bonds. The molecule has 0 spiro atoms. The Morgan fingerprint density at radius 2 is 1.75 bits per heavy atom. The summed E-state index contributed by atoms with van der Waals surface area (Å²) in [7, 11) is -3.21. The van der Waals surface area contributed by atoms with Crippen LogP contribution in [0.1, 0.15) is 41.0 Å². The highest BCUT2D eigenvalue weighted by atomic mass is 32.2. The molecule has 2 N–H and O–H groups in total. The Kier molecular flexibility index (Phi) is 5.93. The molecule has 0 aromatic carbocycles. The van der Waals surface area contributed by atoms with Crippen molar-refractivity contribution in [1.82, 2.24) is 4.31 Å². The van der Waals surface area contributed by atoms with Crippen LogP contribution in [-0.4, -0.2) is 37.6 Å². The zero-order valence-corrected chi connectivity index (χ0v) is 12.0. The molecule has 0 fully saturated rings. The van der Waals surface area contributed by atoms with Crippen LogP contribution in [0.5, 0.6) is 0 Å². The molecule has 0 aliphatic heterocycles. The molecule has 1 unspecified atom stereocenters. The number of sulfonamides is 1. The molecule has 5 heteroatoms. The Bertz CT molecular complexity index is 294. The lowest BCUT2D eigenvalue weighted by Crippen LogP contribution is -2.45. The van der Waals surface area contributed by atoms with Crippen molar-refractivity contribution in [3.05, 3.63) is 0 Å². The van der Waals surface area contributed by atoms with Gasteiger partial charge in [-0.1, -0.05) is 34.6 Å². The highest BCUT2D eigenvalue weighted by Gasteiger charge is 2.29. The van der Waals surface area contributed by atoms with Gasteiger partial charge in [-0.25, -0.2) is 12.7 Å². The summed E-state index contributed by atoms with van der Waals surface area (Å²) in [5.74, 6) is 0.0321. The first-order valence-electron chi connectivity index (χ1n) is 5.88. The monoisotopic (exact) mass is 250 g/mol. The lowest BCUT2D eigenvalue weighted by atomic mass is 9.89. The van der Waals surface area contributed by atoms with Crippen molar-refractivity contribution in [1.29, 1.82) is 0 Å². The molecule has 0 heterocycles. The summed E-state index contributed by atoms with van der Waals surface area (Å²) in [6.07, 6.45) is 0.831. The van der Waals surface area contributed by atoms with Crippen LogP contribution in [0.2, 0.25) is 0 Å². The van der Waals surface area contributed by atoms with E-state index in [1.165, 1.54) is 4.31 Å². The van der Waals surface area contributed by atoms with E-state index in [1.807, 2.05) is 34.6 Å². The van der Waals surface area contributed by atoms with E-state index in [0.717, 1.165) is 6.42 Å². The van der Waals surface area contributed by atoms with Crippen molar-refractivity contribution in [3.63, 3.8) is 0 Å². The SMILES string of the molecule is CCCN(CC)S(=O)(=O)CC(N)C(C)(C)C. The summed E-state index contributed by atoms with van der Waals surface area (Å²) in [4.78, 5) is 0. The zero-order chi connectivity index (χ0) is 13.0. The van der Waals surface area contributed by atoms with Crippen LogP contribution >= 0.6 is 0 Å². The molecule has 0 rings (SSSR count). The van der Waals surface area contributed by atoms with E-state index in [0.29, 0.717) is 13.1 Å². The Balaban J connectivity index is 4.68. The molecule has 1 atom stereocenters. The Hall–Kier alpha value is -0.130. The fourth-order valence-corrected chi connectivity index (χ4v) is 3.34. The molecule has 0 saturated heterocycles. The van der Waals surface area contributed by atoms with Crippen molar-refractivity contribution in [2.24, 2.45) is 11.1 Å². The Morgan fingerprint density at radius 3 is 2.06 bits per heavy atom. The van der Waals surface area contributed by atoms with Gasteiger partial charge >= 0.3 is 0 Å². The van der Waals surface area contributed by atoms with Gasteiger partial charge in [-0.05, 0) is 11.8 Å². The van der Waals surface area contributed by atoms with Crippen LogP contribution in [-0.2, 0) is 10.0 Å². The minimum Gasteiger partial charge on any atom is -0.326 e. The number of hydrogen-bond acceptors (Lipinski definition) is 3. The molecule has 0 saturated carbocycles. The fourth-order valence-electron chi connectivity index (χ4n) is 1.33. The van der Waals surface area contributed by atoms with E-state index < -0.39 is 10.0 Å². The van der Waals surface area contributed by atoms with Gasteiger partial charge in [0.15, 0.2) is 0 Å². The second kappa shape index (κ2) is 5.98. The van der Waals surface area contributed by atoms with Crippen molar-refractivity contribution >= 4 is 10.0 Å². The first-order chi connectivity index (χ1) is 7.15. The number of nitrogens with two attached hydrogens (primary N) is 1. The molecule has 0 aromatic heterocycles. The van der Waals surface area contributed by atoms with E-state index in [4.69, 9.17) is 5.73 Å². The van der Waals surface area contributed by atoms with Crippen LogP contribution < -0.4 is 5.73 Å². The average Bonchev–Trinajstić information content (AvgIpc) is 2.11. The van der Waals surface area contributed by atoms with E-state index in [2.05, 4.69) is 0 Å². The van der Waals surface area contributed by atoms with Crippen molar-refractivity contribution in [2.75, 3.05) is 18.8 Å². The highest BCUT2D eigenvalue weighted by Crippen LogP contribution is 2.19. The summed E-state index contributed by atoms with van der Waals surface area (Å²) in [5.41, 5.74) is 5.74. The number of hydrogen-bond donors (Lipinski definition) is 1. The Labute approximate surface area is 100 Å². The molecule has 0 radical (unpaired) electrons. The van der Waals surface area contributed by atoms with Gasteiger partial charge in [0, 0.05) is 19.1 Å². The van der Waals surface area contributed by atoms with Crippen LogP contribution in [0.25, 0.3) is 0 Å². The summed E-state index contributed by atoms with van der Waals surface area (Å²) < 4.78 is 25.6. The van der Waals surface area contributed by atoms with Gasteiger partial charge in [-0.3, -0.25) is 0 Å². The van der Waals surface area contributed by atoms with Crippen molar-refractivity contribution in [2.45, 2.75) is 47.1 Å². The smallest absolute Gasteiger partial charge is 0.215 e. The van der Waals surface area contributed by atoms with E-state index in [9.17, 15) is 8.42 Å². The van der Waals surface area contributed by atoms with E-state index in [1.54, 1.807) is 0 Å². The summed E-state index contributed by atoms with van der Waals surface area (Å²) in [6, 6.07) is -0.330. The predicted octanol–water partition coefficient (Wildman–Crippen LogP) is 1.42. The van der Waals surface area contributed by atoms with Gasteiger partial charge in [0.25, 0.3) is 0 Å². The number of nitrogens with zero attached hydrogens (tertiary/aromatic N) is 1. The maximum absolute atomic E-state index is 12.1. The molecule has 4 nitrogen and oxygen atoms in total. The van der Waals surface area contributed by atoms with Gasteiger partial charge in [-0.15, -0.1) is 0 Å². The minimum absolute atomic E-state index is 0.0321. The molecular formula is C11H26N2O2S. The third-order valence-electron chi connectivity index (χ3n) is 2.72. The zero-order valence-electron chi connectivity index (χ0n) is 11.2. The fraction of sp³-hybridized carbons (Fsp3) is 1.00. The highest BCUT2D eigenvalue weighted by molar-refractivity contribution is 7.89. The lowest BCUT2D eigenvalue weighted by molar-refractivity contribution is 0.333. The molecule has 0 bridgehead atoms. The average molecular weight is 250 g/mol. The first-order valence-corrected chi connectivity index (χ1v) is 7.49. The molecule has 98 valence electrons. The molecule has 0 aliphatic rings. The minimum atomic E-state index is -3.21. The van der Waals surface area contributed by atoms with Crippen molar-refractivity contribution in [3.8, 4) is 0 Å². The van der Waals surface area contributed by atoms with Gasteiger partial charge in [0.1, 0.15) is 0 Å². The van der Waals surface area contributed by atoms with Crippen LogP contribution in [0, 0.1) is 5.41 Å².